The third-order valence-corrected chi connectivity index (χ3v) is 16.5. The molecule has 1 saturated heterocycles. The lowest BCUT2D eigenvalue weighted by Gasteiger charge is -2.36. The van der Waals surface area contributed by atoms with Gasteiger partial charge in [-0.05, 0) is 12.1 Å². The molecule has 142 valence electrons. The predicted octanol–water partition coefficient (Wildman–Crippen LogP) is 5.48. The van der Waals surface area contributed by atoms with Crippen molar-refractivity contribution in [3.8, 4) is 0 Å². The van der Waals surface area contributed by atoms with Crippen LogP contribution in [0.3, 0.4) is 0 Å². The number of imide groups is 1. The van der Waals surface area contributed by atoms with E-state index in [0.29, 0.717) is 14.7 Å². The van der Waals surface area contributed by atoms with Crippen molar-refractivity contribution in [2.75, 3.05) is 4.90 Å². The lowest BCUT2D eigenvalue weighted by molar-refractivity contribution is -0.384. The van der Waals surface area contributed by atoms with E-state index in [4.69, 9.17) is 0 Å². The average Bonchev–Trinajstić information content (AvgIpc) is 2.99. The molecule has 0 radical (unpaired) electrons. The Kier molecular flexibility index (Phi) is 4.74. The first-order valence-corrected chi connectivity index (χ1v) is 12.1. The van der Waals surface area contributed by atoms with E-state index in [0.717, 1.165) is 4.90 Å². The first kappa shape index (κ1) is 20.6. The van der Waals surface area contributed by atoms with Crippen molar-refractivity contribution in [1.82, 2.24) is 0 Å². The summed E-state index contributed by atoms with van der Waals surface area (Å²) < 4.78 is -1.26. The van der Waals surface area contributed by atoms with E-state index in [-0.39, 0.29) is 17.5 Å². The Morgan fingerprint density at radius 2 is 1.30 bits per heavy atom. The van der Waals surface area contributed by atoms with Crippen LogP contribution in [-0.2, 0) is 9.59 Å². The van der Waals surface area contributed by atoms with Crippen molar-refractivity contribution in [3.05, 3.63) is 43.3 Å². The van der Waals surface area contributed by atoms with Gasteiger partial charge in [0.2, 0.25) is 11.8 Å². The van der Waals surface area contributed by atoms with Gasteiger partial charge in [-0.1, -0.05) is 95.6 Å². The minimum absolute atomic E-state index is 0.112. The minimum Gasteiger partial charge on any atom is -0.274 e. The van der Waals surface area contributed by atoms with Gasteiger partial charge in [-0.15, -0.1) is 0 Å². The van der Waals surface area contributed by atoms with Crippen molar-refractivity contribution in [2.24, 2.45) is 11.8 Å². The highest BCUT2D eigenvalue weighted by Crippen LogP contribution is 2.80. The number of halogens is 6. The number of nitro benzene ring substituents is 1. The smallest absolute Gasteiger partial charge is 0.269 e. The van der Waals surface area contributed by atoms with Gasteiger partial charge in [0, 0.05) is 21.1 Å². The SMILES string of the molecule is O=C1C2C(C(=O)N1c1ccc([N+](=O)[O-])cc1)C1(Br)C(Br)=C(Br)C2(Br)C1(Br)Br. The summed E-state index contributed by atoms with van der Waals surface area (Å²) in [6.45, 7) is 0. The fourth-order valence-corrected chi connectivity index (χ4v) is 11.3. The van der Waals surface area contributed by atoms with Crippen LogP contribution < -0.4 is 4.90 Å². The summed E-state index contributed by atoms with van der Waals surface area (Å²) in [5.41, 5.74) is 0.192. The van der Waals surface area contributed by atoms with Gasteiger partial charge in [0.05, 0.1) is 31.1 Å². The van der Waals surface area contributed by atoms with Crippen LogP contribution in [0.5, 0.6) is 0 Å². The number of benzene rings is 1. The van der Waals surface area contributed by atoms with E-state index < -0.39 is 28.6 Å². The molecule has 4 atom stereocenters. The van der Waals surface area contributed by atoms with Gasteiger partial charge in [-0.25, -0.2) is 4.90 Å². The molecule has 1 aromatic carbocycles. The number of anilines is 1. The Morgan fingerprint density at radius 1 is 0.889 bits per heavy atom. The van der Waals surface area contributed by atoms with Gasteiger partial charge in [0.15, 0.2) is 0 Å². The monoisotopic (exact) mass is 752 g/mol. The molecule has 0 spiro atoms. The fourth-order valence-electron chi connectivity index (χ4n) is 3.97. The number of fused-ring (bicyclic) bond motifs is 5. The number of hydrogen-bond donors (Lipinski definition) is 0. The Labute approximate surface area is 203 Å². The molecule has 4 rings (SSSR count). The molecule has 1 heterocycles. The van der Waals surface area contributed by atoms with E-state index in [1.807, 2.05) is 0 Å². The maximum Gasteiger partial charge on any atom is 0.269 e. The third-order valence-electron chi connectivity index (χ3n) is 5.23. The highest BCUT2D eigenvalue weighted by molar-refractivity contribution is 9.27. The molecule has 2 aliphatic carbocycles. The Morgan fingerprint density at radius 3 is 1.67 bits per heavy atom. The van der Waals surface area contributed by atoms with Crippen LogP contribution in [0.15, 0.2) is 33.2 Å². The number of nitrogens with zero attached hydrogens (tertiary/aromatic N) is 2. The second kappa shape index (κ2) is 6.19. The average molecular weight is 758 g/mol. The number of nitro groups is 1. The molecule has 0 aromatic heterocycles. The maximum atomic E-state index is 13.3. The molecule has 2 amide bonds. The molecule has 2 bridgehead atoms. The fraction of sp³-hybridized carbons (Fsp3) is 0.333. The van der Waals surface area contributed by atoms with Crippen molar-refractivity contribution in [1.29, 1.82) is 0 Å². The van der Waals surface area contributed by atoms with Gasteiger partial charge >= 0.3 is 0 Å². The van der Waals surface area contributed by atoms with Gasteiger partial charge in [-0.3, -0.25) is 19.7 Å². The number of amides is 2. The number of carbonyl (C=O) groups excluding carboxylic acids is 2. The molecular formula is C15H6Br6N2O4. The van der Waals surface area contributed by atoms with Crippen molar-refractivity contribution < 1.29 is 14.5 Å². The number of rotatable bonds is 2. The summed E-state index contributed by atoms with van der Waals surface area (Å²) in [6.07, 6.45) is 0. The van der Waals surface area contributed by atoms with Crippen LogP contribution in [0, 0.1) is 22.0 Å². The molecule has 1 aliphatic heterocycles. The number of alkyl halides is 4. The zero-order valence-corrected chi connectivity index (χ0v) is 22.3. The van der Waals surface area contributed by atoms with Crippen LogP contribution >= 0.6 is 95.6 Å². The zero-order valence-electron chi connectivity index (χ0n) is 12.8. The molecule has 12 heteroatoms. The Bertz CT molecular complexity index is 918. The highest BCUT2D eigenvalue weighted by Gasteiger charge is 2.85. The lowest BCUT2D eigenvalue weighted by atomic mass is 9.85. The van der Waals surface area contributed by atoms with Gasteiger partial charge in [0.25, 0.3) is 5.69 Å². The van der Waals surface area contributed by atoms with Gasteiger partial charge in [0.1, 0.15) is 3.23 Å². The number of carbonyl (C=O) groups is 2. The minimum atomic E-state index is -0.921. The topological polar surface area (TPSA) is 80.5 Å². The van der Waals surface area contributed by atoms with E-state index >= 15 is 0 Å². The summed E-state index contributed by atoms with van der Waals surface area (Å²) in [5, 5.41) is 10.9. The summed E-state index contributed by atoms with van der Waals surface area (Å²) in [6, 6.07) is 5.36. The van der Waals surface area contributed by atoms with E-state index in [1.165, 1.54) is 24.3 Å². The van der Waals surface area contributed by atoms with Crippen molar-refractivity contribution >= 4 is 119 Å². The summed E-state index contributed by atoms with van der Waals surface area (Å²) >= 11 is 21.8. The molecule has 3 aliphatic rings. The first-order valence-electron chi connectivity index (χ1n) is 7.36. The molecule has 2 fully saturated rings. The number of hydrogen-bond acceptors (Lipinski definition) is 4. The van der Waals surface area contributed by atoms with Crippen molar-refractivity contribution in [2.45, 2.75) is 11.9 Å². The quantitative estimate of drug-likeness (QED) is 0.173. The zero-order chi connectivity index (χ0) is 20.1. The molecule has 1 aromatic rings. The van der Waals surface area contributed by atoms with E-state index in [9.17, 15) is 19.7 Å². The van der Waals surface area contributed by atoms with Crippen LogP contribution in [-0.4, -0.2) is 28.6 Å². The molecule has 0 N–H and O–H groups in total. The molecule has 6 nitrogen and oxygen atoms in total. The normalized spacial score (nSPS) is 36.6. The standard InChI is InChI=1S/C15H6Br6N2O4/c16-9-10(17)14(19)8-7(13(9,18)15(14,20)21)11(24)22(12(8)25)5-1-3-6(4-2-5)23(26)27/h1-4,7-8H. The van der Waals surface area contributed by atoms with E-state index in [2.05, 4.69) is 95.6 Å². The third kappa shape index (κ3) is 2.20. The summed E-state index contributed by atoms with van der Waals surface area (Å²) in [4.78, 5) is 38.1. The summed E-state index contributed by atoms with van der Waals surface area (Å²) in [7, 11) is 0. The van der Waals surface area contributed by atoms with E-state index in [1.54, 1.807) is 0 Å². The Balaban J connectivity index is 1.84. The molecule has 1 saturated carbocycles. The van der Waals surface area contributed by atoms with Crippen LogP contribution in [0.25, 0.3) is 0 Å². The van der Waals surface area contributed by atoms with Gasteiger partial charge < -0.3 is 0 Å². The maximum absolute atomic E-state index is 13.3. The number of non-ortho nitro benzene ring substituents is 1. The second-order valence-electron chi connectivity index (χ2n) is 6.37. The van der Waals surface area contributed by atoms with Crippen LogP contribution in [0.4, 0.5) is 11.4 Å². The van der Waals surface area contributed by atoms with Crippen LogP contribution in [0.1, 0.15) is 0 Å². The van der Waals surface area contributed by atoms with Crippen LogP contribution in [0.2, 0.25) is 0 Å². The lowest BCUT2D eigenvalue weighted by Crippen LogP contribution is -2.48. The summed E-state index contributed by atoms with van der Waals surface area (Å²) in [5.74, 6) is -2.16. The molecule has 27 heavy (non-hydrogen) atoms. The molecular weight excluding hydrogens is 752 g/mol. The van der Waals surface area contributed by atoms with Gasteiger partial charge in [-0.2, -0.15) is 0 Å². The first-order chi connectivity index (χ1) is 12.4. The highest BCUT2D eigenvalue weighted by atomic mass is 79.9. The predicted molar refractivity (Wildman–Crippen MR) is 121 cm³/mol. The largest absolute Gasteiger partial charge is 0.274 e. The number of allylic oxidation sites excluding steroid dienone is 2. The Hall–Kier alpha value is 0.380. The molecule has 4 unspecified atom stereocenters. The van der Waals surface area contributed by atoms with Crippen molar-refractivity contribution in [3.63, 3.8) is 0 Å². The second-order valence-corrected chi connectivity index (χ2v) is 13.9.